The summed E-state index contributed by atoms with van der Waals surface area (Å²) >= 11 is 0. The molecule has 0 N–H and O–H groups in total. The van der Waals surface area contributed by atoms with Crippen molar-refractivity contribution in [1.82, 2.24) is 0 Å². The quantitative estimate of drug-likeness (QED) is 0.496. The van der Waals surface area contributed by atoms with Crippen molar-refractivity contribution in [2.75, 3.05) is 0 Å². The Kier molecular flexibility index (Phi) is 8.09. The molecule has 0 fully saturated rings. The average molecular weight is 207 g/mol. The molecule has 0 radical (unpaired) electrons. The molecule has 0 aromatic carbocycles. The van der Waals surface area contributed by atoms with Gasteiger partial charge < -0.3 is 0 Å². The molecule has 86 valence electrons. The van der Waals surface area contributed by atoms with Gasteiger partial charge in [0.2, 0.25) is 0 Å². The average Bonchev–Trinajstić information content (AvgIpc) is 2.29. The van der Waals surface area contributed by atoms with Crippen LogP contribution in [-0.4, -0.2) is 0 Å². The first kappa shape index (κ1) is 14.2. The van der Waals surface area contributed by atoms with E-state index in [2.05, 4.69) is 26.5 Å². The Morgan fingerprint density at radius 2 is 1.67 bits per heavy atom. The van der Waals surface area contributed by atoms with E-state index in [1.54, 1.807) is 0 Å². The van der Waals surface area contributed by atoms with Crippen LogP contribution in [0.3, 0.4) is 0 Å². The highest BCUT2D eigenvalue weighted by atomic mass is 14.4. The lowest BCUT2D eigenvalue weighted by Crippen LogP contribution is -2.18. The van der Waals surface area contributed by atoms with Crippen LogP contribution in [0.5, 0.6) is 0 Å². The van der Waals surface area contributed by atoms with Gasteiger partial charge in [-0.15, -0.1) is 6.58 Å². The maximum Gasteiger partial charge on any atom is 0.0689 e. The van der Waals surface area contributed by atoms with Crippen LogP contribution in [0.4, 0.5) is 0 Å². The summed E-state index contributed by atoms with van der Waals surface area (Å²) in [7, 11) is 0. The number of allylic oxidation sites excluding steroid dienone is 1. The van der Waals surface area contributed by atoms with Gasteiger partial charge in [-0.25, -0.2) is 0 Å². The van der Waals surface area contributed by atoms with Crippen molar-refractivity contribution in [2.45, 2.75) is 65.2 Å². The highest BCUT2D eigenvalue weighted by molar-refractivity contribution is 4.99. The van der Waals surface area contributed by atoms with Crippen molar-refractivity contribution < 1.29 is 0 Å². The third kappa shape index (κ3) is 5.62. The van der Waals surface area contributed by atoms with Gasteiger partial charge in [-0.3, -0.25) is 0 Å². The summed E-state index contributed by atoms with van der Waals surface area (Å²) in [6, 6.07) is 2.57. The van der Waals surface area contributed by atoms with Gasteiger partial charge in [-0.05, 0) is 25.7 Å². The minimum Gasteiger partial charge on any atom is -0.198 e. The van der Waals surface area contributed by atoms with E-state index >= 15 is 0 Å². The number of nitriles is 1. The predicted molar refractivity (Wildman–Crippen MR) is 66.5 cm³/mol. The molecule has 0 bridgehead atoms. The Balaban J connectivity index is 4.31. The van der Waals surface area contributed by atoms with Crippen LogP contribution in [0.15, 0.2) is 12.7 Å². The zero-order valence-electron chi connectivity index (χ0n) is 10.4. The predicted octanol–water partition coefficient (Wildman–Crippen LogP) is 4.84. The summed E-state index contributed by atoms with van der Waals surface area (Å²) in [4.78, 5) is 0. The summed E-state index contributed by atoms with van der Waals surface area (Å²) in [5, 5.41) is 9.37. The molecule has 0 heterocycles. The van der Waals surface area contributed by atoms with Crippen molar-refractivity contribution in [3.8, 4) is 6.07 Å². The van der Waals surface area contributed by atoms with Gasteiger partial charge in [0.1, 0.15) is 0 Å². The molecule has 1 nitrogen and oxygen atoms in total. The van der Waals surface area contributed by atoms with Gasteiger partial charge >= 0.3 is 0 Å². The summed E-state index contributed by atoms with van der Waals surface area (Å²) in [6.07, 6.45) is 10.7. The first-order chi connectivity index (χ1) is 7.24. The molecule has 0 saturated heterocycles. The number of unbranched alkanes of at least 4 members (excludes halogenated alkanes) is 2. The molecular weight excluding hydrogens is 182 g/mol. The third-order valence-corrected chi connectivity index (χ3v) is 3.08. The van der Waals surface area contributed by atoms with Crippen LogP contribution in [-0.2, 0) is 0 Å². The maximum absolute atomic E-state index is 9.37. The minimum atomic E-state index is -0.0692. The van der Waals surface area contributed by atoms with Gasteiger partial charge in [-0.2, -0.15) is 5.26 Å². The second-order valence-electron chi connectivity index (χ2n) is 4.43. The molecule has 15 heavy (non-hydrogen) atoms. The van der Waals surface area contributed by atoms with E-state index in [1.807, 2.05) is 6.08 Å². The van der Waals surface area contributed by atoms with Crippen LogP contribution in [0.1, 0.15) is 65.2 Å². The first-order valence-electron chi connectivity index (χ1n) is 6.26. The molecule has 1 heteroatoms. The highest BCUT2D eigenvalue weighted by Gasteiger charge is 2.27. The van der Waals surface area contributed by atoms with E-state index < -0.39 is 0 Å². The van der Waals surface area contributed by atoms with Crippen LogP contribution in [0.2, 0.25) is 0 Å². The van der Waals surface area contributed by atoms with Crippen LogP contribution < -0.4 is 0 Å². The third-order valence-electron chi connectivity index (χ3n) is 3.08. The normalized spacial score (nSPS) is 11.0. The van der Waals surface area contributed by atoms with Gasteiger partial charge in [0.15, 0.2) is 0 Å². The van der Waals surface area contributed by atoms with Gasteiger partial charge in [0.25, 0.3) is 0 Å². The van der Waals surface area contributed by atoms with Crippen LogP contribution in [0.25, 0.3) is 0 Å². The van der Waals surface area contributed by atoms with Crippen molar-refractivity contribution in [3.05, 3.63) is 12.7 Å². The second kappa shape index (κ2) is 8.53. The molecule has 0 saturated carbocycles. The van der Waals surface area contributed by atoms with Gasteiger partial charge in [0, 0.05) is 0 Å². The number of rotatable bonds is 9. The molecule has 0 unspecified atom stereocenters. The summed E-state index contributed by atoms with van der Waals surface area (Å²) < 4.78 is 0. The van der Waals surface area contributed by atoms with E-state index in [0.29, 0.717) is 0 Å². The largest absolute Gasteiger partial charge is 0.198 e. The molecule has 0 aromatic heterocycles. The van der Waals surface area contributed by atoms with Crippen LogP contribution >= 0.6 is 0 Å². The number of nitrogens with zero attached hydrogens (tertiary/aromatic N) is 1. The standard InChI is InChI=1S/C14H25N/c1-4-7-10-14(13-15,11-8-5-2)12-9-6-3/h4H,1,5-12H2,2-3H3. The SMILES string of the molecule is C=CCCC(C#N)(CCCC)CCCC. The monoisotopic (exact) mass is 207 g/mol. The van der Waals surface area contributed by atoms with E-state index in [-0.39, 0.29) is 5.41 Å². The van der Waals surface area contributed by atoms with Gasteiger partial charge in [-0.1, -0.05) is 45.6 Å². The molecule has 0 spiro atoms. The van der Waals surface area contributed by atoms with Crippen molar-refractivity contribution in [1.29, 1.82) is 5.26 Å². The van der Waals surface area contributed by atoms with E-state index in [0.717, 1.165) is 25.7 Å². The summed E-state index contributed by atoms with van der Waals surface area (Å²) in [5.74, 6) is 0. The van der Waals surface area contributed by atoms with Crippen molar-refractivity contribution in [2.24, 2.45) is 5.41 Å². The van der Waals surface area contributed by atoms with E-state index in [1.165, 1.54) is 25.7 Å². The molecular formula is C14H25N. The lowest BCUT2D eigenvalue weighted by molar-refractivity contribution is 0.293. The topological polar surface area (TPSA) is 23.8 Å². The maximum atomic E-state index is 9.37. The molecule has 0 atom stereocenters. The molecule has 0 amide bonds. The Labute approximate surface area is 95.2 Å². The molecule has 0 aromatic rings. The molecule has 0 aliphatic rings. The Morgan fingerprint density at radius 1 is 1.13 bits per heavy atom. The Morgan fingerprint density at radius 3 is 2.00 bits per heavy atom. The summed E-state index contributed by atoms with van der Waals surface area (Å²) in [6.45, 7) is 8.13. The van der Waals surface area contributed by atoms with Crippen LogP contribution in [0, 0.1) is 16.7 Å². The first-order valence-corrected chi connectivity index (χ1v) is 6.26. The highest BCUT2D eigenvalue weighted by Crippen LogP contribution is 2.35. The smallest absolute Gasteiger partial charge is 0.0689 e. The second-order valence-corrected chi connectivity index (χ2v) is 4.43. The van der Waals surface area contributed by atoms with Crippen molar-refractivity contribution >= 4 is 0 Å². The fraction of sp³-hybridized carbons (Fsp3) is 0.786. The molecule has 0 rings (SSSR count). The zero-order chi connectivity index (χ0) is 11.6. The Bertz CT molecular complexity index is 192. The summed E-state index contributed by atoms with van der Waals surface area (Å²) in [5.41, 5.74) is -0.0692. The lowest BCUT2D eigenvalue weighted by atomic mass is 9.76. The number of hydrogen-bond donors (Lipinski definition) is 0. The van der Waals surface area contributed by atoms with Crippen molar-refractivity contribution in [3.63, 3.8) is 0 Å². The fourth-order valence-corrected chi connectivity index (χ4v) is 1.95. The molecule has 0 aliphatic heterocycles. The van der Waals surface area contributed by atoms with E-state index in [4.69, 9.17) is 0 Å². The number of hydrogen-bond acceptors (Lipinski definition) is 1. The lowest BCUT2D eigenvalue weighted by Gasteiger charge is -2.26. The Hall–Kier alpha value is -0.770. The fourth-order valence-electron chi connectivity index (χ4n) is 1.95. The minimum absolute atomic E-state index is 0.0692. The van der Waals surface area contributed by atoms with Gasteiger partial charge in [0.05, 0.1) is 11.5 Å². The molecule has 0 aliphatic carbocycles. The van der Waals surface area contributed by atoms with E-state index in [9.17, 15) is 5.26 Å². The zero-order valence-corrected chi connectivity index (χ0v) is 10.4.